The molecule has 2 heterocycles. The van der Waals surface area contributed by atoms with Gasteiger partial charge in [0.25, 0.3) is 5.56 Å². The zero-order valence-corrected chi connectivity index (χ0v) is 17.3. The van der Waals surface area contributed by atoms with Gasteiger partial charge in [0.2, 0.25) is 0 Å². The number of aromatic amines is 1. The number of nitrogens with one attached hydrogen (secondary N) is 1. The van der Waals surface area contributed by atoms with Crippen LogP contribution in [0.2, 0.25) is 0 Å². The first-order valence-electron chi connectivity index (χ1n) is 9.17. The molecule has 4 rings (SSSR count). The highest BCUT2D eigenvalue weighted by atomic mass is 79.9. The Morgan fingerprint density at radius 3 is 2.79 bits per heavy atom. The first-order valence-corrected chi connectivity index (χ1v) is 9.96. The van der Waals surface area contributed by atoms with Crippen molar-refractivity contribution in [3.63, 3.8) is 0 Å². The van der Waals surface area contributed by atoms with Gasteiger partial charge in [-0.3, -0.25) is 9.78 Å². The number of aryl methyl sites for hydroxylation is 1. The van der Waals surface area contributed by atoms with Gasteiger partial charge < -0.3 is 4.98 Å². The third kappa shape index (κ3) is 3.27. The molecule has 0 amide bonds. The van der Waals surface area contributed by atoms with Crippen molar-refractivity contribution in [2.75, 3.05) is 0 Å². The van der Waals surface area contributed by atoms with Gasteiger partial charge in [0.1, 0.15) is 5.82 Å². The van der Waals surface area contributed by atoms with Gasteiger partial charge in [-0.2, -0.15) is 0 Å². The standard InChI is InChI=1S/C23H20BrN3O/c1-15-7-5-8-17(25-15)12-14-23(13-6-10-19(24)16(23)2)22-26-20-11-4-3-9-18(20)21(28)27-22/h3-14,16H,1-2H3,(H,26,27,28). The van der Waals surface area contributed by atoms with Crippen LogP contribution in [0.1, 0.15) is 24.1 Å². The van der Waals surface area contributed by atoms with E-state index in [1.807, 2.05) is 61.5 Å². The van der Waals surface area contributed by atoms with E-state index in [-0.39, 0.29) is 11.5 Å². The average molecular weight is 434 g/mol. The quantitative estimate of drug-likeness (QED) is 0.627. The maximum Gasteiger partial charge on any atom is 0.258 e. The molecule has 1 N–H and O–H groups in total. The van der Waals surface area contributed by atoms with E-state index in [4.69, 9.17) is 4.98 Å². The van der Waals surface area contributed by atoms with Gasteiger partial charge in [-0.1, -0.05) is 65.4 Å². The van der Waals surface area contributed by atoms with Crippen molar-refractivity contribution in [1.29, 1.82) is 0 Å². The summed E-state index contributed by atoms with van der Waals surface area (Å²) < 4.78 is 1.05. The van der Waals surface area contributed by atoms with Gasteiger partial charge in [-0.25, -0.2) is 4.98 Å². The fourth-order valence-electron chi connectivity index (χ4n) is 3.55. The van der Waals surface area contributed by atoms with E-state index in [1.54, 1.807) is 6.07 Å². The lowest BCUT2D eigenvalue weighted by molar-refractivity contribution is 0.480. The van der Waals surface area contributed by atoms with Crippen molar-refractivity contribution in [3.05, 3.63) is 98.8 Å². The monoisotopic (exact) mass is 433 g/mol. The first kappa shape index (κ1) is 18.6. The van der Waals surface area contributed by atoms with E-state index in [9.17, 15) is 4.79 Å². The summed E-state index contributed by atoms with van der Waals surface area (Å²) in [6, 6.07) is 13.3. The highest BCUT2D eigenvalue weighted by Gasteiger charge is 2.39. The molecule has 1 aliphatic carbocycles. The Morgan fingerprint density at radius 1 is 1.14 bits per heavy atom. The summed E-state index contributed by atoms with van der Waals surface area (Å²) in [6.45, 7) is 4.09. The molecule has 2 aromatic heterocycles. The fraction of sp³-hybridized carbons (Fsp3) is 0.174. The summed E-state index contributed by atoms with van der Waals surface area (Å²) in [6.07, 6.45) is 10.2. The zero-order chi connectivity index (χ0) is 19.7. The zero-order valence-electron chi connectivity index (χ0n) is 15.7. The van der Waals surface area contributed by atoms with Crippen molar-refractivity contribution in [3.8, 4) is 0 Å². The van der Waals surface area contributed by atoms with Gasteiger partial charge in [-0.15, -0.1) is 0 Å². The molecule has 4 nitrogen and oxygen atoms in total. The Morgan fingerprint density at radius 2 is 1.96 bits per heavy atom. The molecule has 1 aromatic carbocycles. The third-order valence-electron chi connectivity index (χ3n) is 5.22. The average Bonchev–Trinajstić information content (AvgIpc) is 2.69. The number of hydrogen-bond acceptors (Lipinski definition) is 3. The van der Waals surface area contributed by atoms with Gasteiger partial charge in [-0.05, 0) is 41.7 Å². The third-order valence-corrected chi connectivity index (χ3v) is 6.17. The lowest BCUT2D eigenvalue weighted by Gasteiger charge is -2.35. The highest BCUT2D eigenvalue weighted by molar-refractivity contribution is 9.11. The van der Waals surface area contributed by atoms with Crippen LogP contribution in [-0.4, -0.2) is 15.0 Å². The molecular formula is C23H20BrN3O. The van der Waals surface area contributed by atoms with E-state index in [1.165, 1.54) is 0 Å². The Bertz CT molecular complexity index is 1190. The summed E-state index contributed by atoms with van der Waals surface area (Å²) in [5.74, 6) is 0.678. The molecular weight excluding hydrogens is 414 g/mol. The van der Waals surface area contributed by atoms with Crippen LogP contribution in [0, 0.1) is 12.8 Å². The predicted molar refractivity (Wildman–Crippen MR) is 117 cm³/mol. The molecule has 0 bridgehead atoms. The number of pyridine rings is 1. The fourth-order valence-corrected chi connectivity index (χ4v) is 4.08. The number of fused-ring (bicyclic) bond motifs is 1. The van der Waals surface area contributed by atoms with Crippen molar-refractivity contribution in [2.45, 2.75) is 19.3 Å². The van der Waals surface area contributed by atoms with Gasteiger partial charge in [0.15, 0.2) is 0 Å². The number of para-hydroxylation sites is 1. The van der Waals surface area contributed by atoms with Gasteiger partial charge in [0, 0.05) is 11.6 Å². The first-order chi connectivity index (χ1) is 13.5. The van der Waals surface area contributed by atoms with E-state index in [0.29, 0.717) is 16.7 Å². The summed E-state index contributed by atoms with van der Waals surface area (Å²) in [5, 5.41) is 0.591. The number of allylic oxidation sites excluding steroid dienone is 5. The van der Waals surface area contributed by atoms with E-state index in [0.717, 1.165) is 15.9 Å². The van der Waals surface area contributed by atoms with Crippen LogP contribution < -0.4 is 5.56 Å². The number of benzene rings is 1. The minimum Gasteiger partial charge on any atom is -0.309 e. The minimum absolute atomic E-state index is 0.0582. The summed E-state index contributed by atoms with van der Waals surface area (Å²) in [5.41, 5.74) is 1.79. The molecule has 0 radical (unpaired) electrons. The molecule has 1 aliphatic rings. The van der Waals surface area contributed by atoms with Crippen LogP contribution in [0.25, 0.3) is 17.0 Å². The molecule has 0 saturated carbocycles. The van der Waals surface area contributed by atoms with E-state index >= 15 is 0 Å². The molecule has 2 atom stereocenters. The maximum atomic E-state index is 12.7. The Balaban J connectivity index is 1.91. The van der Waals surface area contributed by atoms with Crippen molar-refractivity contribution in [1.82, 2.24) is 15.0 Å². The van der Waals surface area contributed by atoms with Crippen molar-refractivity contribution >= 4 is 32.9 Å². The highest BCUT2D eigenvalue weighted by Crippen LogP contribution is 2.42. The SMILES string of the molecule is Cc1cccc(C=CC2(c3nc4ccccc4c(=O)[nH]3)C=CC=C(Br)C2C)n1. The number of H-pyrrole nitrogens is 1. The Hall–Kier alpha value is -2.79. The second kappa shape index (κ2) is 7.32. The van der Waals surface area contributed by atoms with Crippen LogP contribution in [0.15, 0.2) is 76.0 Å². The van der Waals surface area contributed by atoms with Crippen molar-refractivity contribution < 1.29 is 0 Å². The predicted octanol–water partition coefficient (Wildman–Crippen LogP) is 5.06. The lowest BCUT2D eigenvalue weighted by atomic mass is 9.72. The topological polar surface area (TPSA) is 58.6 Å². The van der Waals surface area contributed by atoms with Crippen molar-refractivity contribution in [2.24, 2.45) is 5.92 Å². The summed E-state index contributed by atoms with van der Waals surface area (Å²) in [4.78, 5) is 25.1. The summed E-state index contributed by atoms with van der Waals surface area (Å²) in [7, 11) is 0. The second-order valence-corrected chi connectivity index (χ2v) is 7.95. The normalized spacial score (nSPS) is 22.0. The lowest BCUT2D eigenvalue weighted by Crippen LogP contribution is -2.35. The smallest absolute Gasteiger partial charge is 0.258 e. The van der Waals surface area contributed by atoms with Gasteiger partial charge >= 0.3 is 0 Å². The van der Waals surface area contributed by atoms with E-state index in [2.05, 4.69) is 45.0 Å². The minimum atomic E-state index is -0.595. The second-order valence-electron chi connectivity index (χ2n) is 7.03. The largest absolute Gasteiger partial charge is 0.309 e. The number of rotatable bonds is 3. The molecule has 0 spiro atoms. The molecule has 140 valence electrons. The van der Waals surface area contributed by atoms with E-state index < -0.39 is 5.41 Å². The molecule has 0 saturated heterocycles. The van der Waals surface area contributed by atoms with Crippen LogP contribution in [-0.2, 0) is 5.41 Å². The Labute approximate surface area is 171 Å². The molecule has 5 heteroatoms. The number of nitrogens with zero attached hydrogens (tertiary/aromatic N) is 2. The number of hydrogen-bond donors (Lipinski definition) is 1. The number of halogens is 1. The van der Waals surface area contributed by atoms with Crippen LogP contribution in [0.3, 0.4) is 0 Å². The Kier molecular flexibility index (Phi) is 4.85. The van der Waals surface area contributed by atoms with Gasteiger partial charge in [0.05, 0.1) is 22.0 Å². The summed E-state index contributed by atoms with van der Waals surface area (Å²) >= 11 is 3.67. The molecule has 28 heavy (non-hydrogen) atoms. The molecule has 3 aromatic rings. The molecule has 0 aliphatic heterocycles. The van der Waals surface area contributed by atoms with Crippen LogP contribution in [0.5, 0.6) is 0 Å². The molecule has 2 unspecified atom stereocenters. The van der Waals surface area contributed by atoms with Crippen LogP contribution >= 0.6 is 15.9 Å². The number of aromatic nitrogens is 3. The maximum absolute atomic E-state index is 12.7. The van der Waals surface area contributed by atoms with Crippen LogP contribution in [0.4, 0.5) is 0 Å². The molecule has 0 fully saturated rings.